The second-order valence-corrected chi connectivity index (χ2v) is 7.94. The summed E-state index contributed by atoms with van der Waals surface area (Å²) in [4.78, 5) is 30.5. The van der Waals surface area contributed by atoms with Crippen LogP contribution in [0.2, 0.25) is 5.22 Å². The Labute approximate surface area is 167 Å². The molecule has 2 aliphatic heterocycles. The van der Waals surface area contributed by atoms with Gasteiger partial charge in [0.1, 0.15) is 5.82 Å². The highest BCUT2D eigenvalue weighted by Crippen LogP contribution is 2.45. The normalized spacial score (nSPS) is 23.8. The van der Waals surface area contributed by atoms with Gasteiger partial charge in [-0.15, -0.1) is 0 Å². The quantitative estimate of drug-likeness (QED) is 0.768. The third-order valence-electron chi connectivity index (χ3n) is 5.55. The Morgan fingerprint density at radius 3 is 2.61 bits per heavy atom. The van der Waals surface area contributed by atoms with Crippen molar-refractivity contribution in [3.05, 3.63) is 58.8 Å². The maximum Gasteiger partial charge on any atom is 0.320 e. The van der Waals surface area contributed by atoms with Crippen molar-refractivity contribution < 1.29 is 18.4 Å². The maximum atomic E-state index is 13.9. The summed E-state index contributed by atoms with van der Waals surface area (Å²) in [5, 5.41) is 0.170. The first-order valence-corrected chi connectivity index (χ1v) is 9.51. The van der Waals surface area contributed by atoms with Gasteiger partial charge in [-0.3, -0.25) is 4.79 Å². The lowest BCUT2D eigenvalue weighted by atomic mass is 9.89. The molecule has 6 nitrogen and oxygen atoms in total. The van der Waals surface area contributed by atoms with Crippen molar-refractivity contribution in [1.29, 1.82) is 0 Å². The number of nitrogens with zero attached hydrogens (tertiary/aromatic N) is 3. The number of carbonyl (C=O) groups is 2. The number of urea groups is 1. The molecule has 1 aromatic carbocycles. The van der Waals surface area contributed by atoms with Gasteiger partial charge >= 0.3 is 6.03 Å². The third-order valence-corrected chi connectivity index (χ3v) is 5.76. The number of amides is 3. The van der Waals surface area contributed by atoms with E-state index in [0.717, 1.165) is 5.56 Å². The molecular weight excluding hydrogens is 385 g/mol. The van der Waals surface area contributed by atoms with Gasteiger partial charge < -0.3 is 19.1 Å². The minimum absolute atomic E-state index is 0.0279. The molecule has 2 aromatic rings. The van der Waals surface area contributed by atoms with Crippen molar-refractivity contribution in [2.45, 2.75) is 6.04 Å². The zero-order chi connectivity index (χ0) is 20.0. The van der Waals surface area contributed by atoms with Gasteiger partial charge in [0.15, 0.2) is 11.0 Å². The number of fused-ring (bicyclic) bond motifs is 1. The number of hydrogen-bond acceptors (Lipinski definition) is 3. The van der Waals surface area contributed by atoms with Crippen LogP contribution < -0.4 is 0 Å². The standard InChI is InChI=1S/C20H21ClFN3O3/c1-23(2)20(27)25-10-13-9-24(19(26)16-6-7-17(21)28-16)11-15(13)18(25)12-4-3-5-14(22)8-12/h3-8,13,15,18H,9-11H2,1-2H3/t13-,15-,18-/m1/s1. The highest BCUT2D eigenvalue weighted by atomic mass is 35.5. The molecule has 4 rings (SSSR count). The van der Waals surface area contributed by atoms with E-state index in [0.29, 0.717) is 19.6 Å². The van der Waals surface area contributed by atoms with Crippen molar-refractivity contribution in [3.63, 3.8) is 0 Å². The molecule has 0 N–H and O–H groups in total. The molecule has 2 saturated heterocycles. The first-order chi connectivity index (χ1) is 13.3. The van der Waals surface area contributed by atoms with Crippen LogP contribution in [-0.4, -0.2) is 60.4 Å². The van der Waals surface area contributed by atoms with Crippen LogP contribution in [-0.2, 0) is 0 Å². The molecule has 0 bridgehead atoms. The van der Waals surface area contributed by atoms with Gasteiger partial charge in [0.2, 0.25) is 0 Å². The van der Waals surface area contributed by atoms with Crippen LogP contribution in [0.4, 0.5) is 9.18 Å². The number of hydrogen-bond donors (Lipinski definition) is 0. The zero-order valence-corrected chi connectivity index (χ0v) is 16.4. The number of halogens is 2. The first-order valence-electron chi connectivity index (χ1n) is 9.13. The van der Waals surface area contributed by atoms with Crippen LogP contribution in [0.5, 0.6) is 0 Å². The molecule has 0 saturated carbocycles. The van der Waals surface area contributed by atoms with E-state index in [2.05, 4.69) is 0 Å². The van der Waals surface area contributed by atoms with Crippen LogP contribution in [0, 0.1) is 17.7 Å². The van der Waals surface area contributed by atoms with E-state index in [4.69, 9.17) is 16.0 Å². The number of carbonyl (C=O) groups excluding carboxylic acids is 2. The fourth-order valence-corrected chi connectivity index (χ4v) is 4.51. The summed E-state index contributed by atoms with van der Waals surface area (Å²) < 4.78 is 19.1. The van der Waals surface area contributed by atoms with E-state index in [9.17, 15) is 14.0 Å². The maximum absolute atomic E-state index is 13.9. The van der Waals surface area contributed by atoms with Crippen LogP contribution >= 0.6 is 11.6 Å². The van der Waals surface area contributed by atoms with Gasteiger partial charge in [-0.25, -0.2) is 9.18 Å². The molecule has 28 heavy (non-hydrogen) atoms. The van der Waals surface area contributed by atoms with E-state index in [1.54, 1.807) is 42.1 Å². The average Bonchev–Trinajstić information content (AvgIpc) is 3.34. The summed E-state index contributed by atoms with van der Waals surface area (Å²) in [6.07, 6.45) is 0. The van der Waals surface area contributed by atoms with Gasteiger partial charge in [-0.2, -0.15) is 0 Å². The number of rotatable bonds is 2. The number of likely N-dealkylation sites (tertiary alicyclic amines) is 2. The van der Waals surface area contributed by atoms with Crippen molar-refractivity contribution in [1.82, 2.24) is 14.7 Å². The van der Waals surface area contributed by atoms with Crippen LogP contribution in [0.15, 0.2) is 40.8 Å². The summed E-state index contributed by atoms with van der Waals surface area (Å²) in [5.74, 6) is -0.209. The lowest BCUT2D eigenvalue weighted by Crippen LogP contribution is -2.42. The number of furan rings is 1. The molecule has 3 atom stereocenters. The molecular formula is C20H21ClFN3O3. The number of benzene rings is 1. The van der Waals surface area contributed by atoms with Crippen LogP contribution in [0.3, 0.4) is 0 Å². The second kappa shape index (κ2) is 7.13. The fraction of sp³-hybridized carbons (Fsp3) is 0.400. The van der Waals surface area contributed by atoms with Gasteiger partial charge in [0, 0.05) is 45.6 Å². The fourth-order valence-electron chi connectivity index (χ4n) is 4.37. The molecule has 0 aliphatic carbocycles. The van der Waals surface area contributed by atoms with E-state index < -0.39 is 0 Å². The smallest absolute Gasteiger partial charge is 0.320 e. The van der Waals surface area contributed by atoms with Crippen molar-refractivity contribution in [2.75, 3.05) is 33.7 Å². The Bertz CT molecular complexity index is 916. The molecule has 8 heteroatoms. The Kier molecular flexibility index (Phi) is 4.79. The minimum Gasteiger partial charge on any atom is -0.440 e. The van der Waals surface area contributed by atoms with Crippen LogP contribution in [0.1, 0.15) is 22.2 Å². The van der Waals surface area contributed by atoms with E-state index >= 15 is 0 Å². The Hall–Kier alpha value is -2.54. The van der Waals surface area contributed by atoms with Crippen molar-refractivity contribution >= 4 is 23.5 Å². The lowest BCUT2D eigenvalue weighted by molar-refractivity contribution is 0.0735. The molecule has 1 aromatic heterocycles. The lowest BCUT2D eigenvalue weighted by Gasteiger charge is -2.31. The molecule has 0 spiro atoms. The average molecular weight is 406 g/mol. The molecule has 3 heterocycles. The largest absolute Gasteiger partial charge is 0.440 e. The van der Waals surface area contributed by atoms with Gasteiger partial charge in [0.05, 0.1) is 6.04 Å². The summed E-state index contributed by atoms with van der Waals surface area (Å²) in [5.41, 5.74) is 0.748. The van der Waals surface area contributed by atoms with E-state index in [1.165, 1.54) is 17.0 Å². The summed E-state index contributed by atoms with van der Waals surface area (Å²) in [6, 6.07) is 9.05. The second-order valence-electron chi connectivity index (χ2n) is 7.57. The highest BCUT2D eigenvalue weighted by Gasteiger charge is 2.50. The molecule has 3 amide bonds. The molecule has 2 fully saturated rings. The third kappa shape index (κ3) is 3.24. The summed E-state index contributed by atoms with van der Waals surface area (Å²) in [7, 11) is 3.41. The Morgan fingerprint density at radius 2 is 1.96 bits per heavy atom. The first kappa shape index (κ1) is 18.8. The Balaban J connectivity index is 1.62. The zero-order valence-electron chi connectivity index (χ0n) is 15.6. The highest BCUT2D eigenvalue weighted by molar-refractivity contribution is 6.29. The summed E-state index contributed by atoms with van der Waals surface area (Å²) >= 11 is 5.79. The molecule has 2 aliphatic rings. The van der Waals surface area contributed by atoms with E-state index in [1.807, 2.05) is 6.07 Å². The SMILES string of the molecule is CN(C)C(=O)N1C[C@H]2CN(C(=O)c3ccc(Cl)o3)C[C@H]2[C@H]1c1cccc(F)c1. The van der Waals surface area contributed by atoms with Gasteiger partial charge in [-0.05, 0) is 41.4 Å². The topological polar surface area (TPSA) is 57.0 Å². The monoisotopic (exact) mass is 405 g/mol. The molecule has 148 valence electrons. The summed E-state index contributed by atoms with van der Waals surface area (Å²) in [6.45, 7) is 1.51. The molecule has 0 unspecified atom stereocenters. The van der Waals surface area contributed by atoms with Crippen molar-refractivity contribution in [2.24, 2.45) is 11.8 Å². The van der Waals surface area contributed by atoms with Gasteiger partial charge in [0.25, 0.3) is 5.91 Å². The molecule has 0 radical (unpaired) electrons. The van der Waals surface area contributed by atoms with Crippen molar-refractivity contribution in [3.8, 4) is 0 Å². The van der Waals surface area contributed by atoms with Crippen LogP contribution in [0.25, 0.3) is 0 Å². The van der Waals surface area contributed by atoms with Gasteiger partial charge in [-0.1, -0.05) is 12.1 Å². The predicted octanol–water partition coefficient (Wildman–Crippen LogP) is 3.50. The van der Waals surface area contributed by atoms with E-state index in [-0.39, 0.29) is 46.6 Å². The minimum atomic E-state index is -0.339. The predicted molar refractivity (Wildman–Crippen MR) is 102 cm³/mol. The Morgan fingerprint density at radius 1 is 1.18 bits per heavy atom.